The Morgan fingerprint density at radius 1 is 0.846 bits per heavy atom. The molecular weight excluding hydrogens is 344 g/mol. The van der Waals surface area contributed by atoms with Crippen LogP contribution in [0.25, 0.3) is 0 Å². The number of hydrogen-bond acceptors (Lipinski definition) is 3. The molecule has 1 aliphatic rings. The van der Waals surface area contributed by atoms with Gasteiger partial charge in [0.15, 0.2) is 5.84 Å². The molecule has 0 atom stereocenters. The molecule has 0 saturated carbocycles. The van der Waals surface area contributed by atoms with Crippen molar-refractivity contribution in [1.82, 2.24) is 5.48 Å². The molecule has 0 aromatic heterocycles. The van der Waals surface area contributed by atoms with Gasteiger partial charge in [0.2, 0.25) is 5.72 Å². The van der Waals surface area contributed by atoms with Gasteiger partial charge in [-0.05, 0) is 26.0 Å². The number of benzene rings is 3. The van der Waals surface area contributed by atoms with E-state index in [1.807, 2.05) is 24.3 Å². The standard InChI is InChI=1S/C22H19ClN2O/c1-15-6-10-18(11-7-15)22(19-12-8-16(2)9-13-19)24-21(25-26-22)17-4-3-5-20(23)14-17/h3-14H,1-2H3,(H,24,25). The van der Waals surface area contributed by atoms with Gasteiger partial charge in [-0.1, -0.05) is 83.4 Å². The summed E-state index contributed by atoms with van der Waals surface area (Å²) in [6, 6.07) is 24.1. The number of aryl methyl sites for hydroxylation is 2. The molecule has 0 radical (unpaired) electrons. The van der Waals surface area contributed by atoms with Crippen molar-refractivity contribution in [2.45, 2.75) is 19.6 Å². The van der Waals surface area contributed by atoms with E-state index in [1.165, 1.54) is 11.1 Å². The van der Waals surface area contributed by atoms with Gasteiger partial charge in [-0.25, -0.2) is 15.3 Å². The van der Waals surface area contributed by atoms with Gasteiger partial charge in [0.05, 0.1) is 0 Å². The number of aliphatic imine (C=N–C) groups is 1. The fourth-order valence-electron chi connectivity index (χ4n) is 3.06. The van der Waals surface area contributed by atoms with E-state index in [2.05, 4.69) is 67.9 Å². The maximum absolute atomic E-state index is 6.14. The molecule has 3 aromatic rings. The number of amidine groups is 1. The first-order valence-electron chi connectivity index (χ1n) is 8.51. The monoisotopic (exact) mass is 362 g/mol. The summed E-state index contributed by atoms with van der Waals surface area (Å²) >= 11 is 6.14. The van der Waals surface area contributed by atoms with Gasteiger partial charge < -0.3 is 0 Å². The van der Waals surface area contributed by atoms with Crippen LogP contribution < -0.4 is 5.48 Å². The first kappa shape index (κ1) is 16.8. The van der Waals surface area contributed by atoms with Crippen LogP contribution in [0.15, 0.2) is 77.8 Å². The Kier molecular flexibility index (Phi) is 4.27. The minimum Gasteiger partial charge on any atom is -0.245 e. The Balaban J connectivity index is 1.87. The zero-order chi connectivity index (χ0) is 18.1. The molecule has 0 amide bonds. The van der Waals surface area contributed by atoms with Crippen LogP contribution in [0.5, 0.6) is 0 Å². The van der Waals surface area contributed by atoms with Gasteiger partial charge in [-0.15, -0.1) is 0 Å². The highest BCUT2D eigenvalue weighted by molar-refractivity contribution is 6.31. The lowest BCUT2D eigenvalue weighted by atomic mass is 9.93. The third kappa shape index (κ3) is 3.00. The number of rotatable bonds is 3. The molecule has 0 saturated heterocycles. The van der Waals surface area contributed by atoms with Crippen molar-refractivity contribution < 1.29 is 4.84 Å². The van der Waals surface area contributed by atoms with Crippen LogP contribution in [-0.2, 0) is 10.6 Å². The van der Waals surface area contributed by atoms with Crippen LogP contribution in [0.3, 0.4) is 0 Å². The van der Waals surface area contributed by atoms with E-state index >= 15 is 0 Å². The number of halogens is 1. The fraction of sp³-hybridized carbons (Fsp3) is 0.136. The average molecular weight is 363 g/mol. The van der Waals surface area contributed by atoms with Crippen LogP contribution >= 0.6 is 11.6 Å². The molecule has 0 unspecified atom stereocenters. The normalized spacial score (nSPS) is 15.4. The Morgan fingerprint density at radius 2 is 1.42 bits per heavy atom. The summed E-state index contributed by atoms with van der Waals surface area (Å²) in [6.45, 7) is 4.13. The number of hydrogen-bond donors (Lipinski definition) is 1. The maximum Gasteiger partial charge on any atom is 0.238 e. The SMILES string of the molecule is Cc1ccc(C2(c3ccc(C)cc3)N=C(c3cccc(Cl)c3)NO2)cc1. The summed E-state index contributed by atoms with van der Waals surface area (Å²) in [5.41, 5.74) is 7.29. The van der Waals surface area contributed by atoms with Crippen molar-refractivity contribution in [2.75, 3.05) is 0 Å². The molecular formula is C22H19ClN2O. The summed E-state index contributed by atoms with van der Waals surface area (Å²) in [5, 5.41) is 0.662. The molecule has 26 heavy (non-hydrogen) atoms. The van der Waals surface area contributed by atoms with E-state index in [-0.39, 0.29) is 0 Å². The van der Waals surface area contributed by atoms with Gasteiger partial charge in [0, 0.05) is 21.7 Å². The number of nitrogens with zero attached hydrogens (tertiary/aromatic N) is 1. The Bertz CT molecular complexity index is 917. The minimum atomic E-state index is -0.931. The van der Waals surface area contributed by atoms with Crippen LogP contribution in [0.4, 0.5) is 0 Å². The molecule has 3 aromatic carbocycles. The molecule has 0 spiro atoms. The Labute approximate surface area is 158 Å². The molecule has 4 rings (SSSR count). The summed E-state index contributed by atoms with van der Waals surface area (Å²) in [5.74, 6) is 0.661. The van der Waals surface area contributed by atoms with Crippen LogP contribution in [-0.4, -0.2) is 5.84 Å². The van der Waals surface area contributed by atoms with E-state index in [4.69, 9.17) is 21.4 Å². The topological polar surface area (TPSA) is 33.6 Å². The number of nitrogens with one attached hydrogen (secondary N) is 1. The highest BCUT2D eigenvalue weighted by Gasteiger charge is 2.41. The maximum atomic E-state index is 6.14. The third-order valence-corrected chi connectivity index (χ3v) is 4.78. The molecule has 1 aliphatic heterocycles. The molecule has 1 N–H and O–H groups in total. The van der Waals surface area contributed by atoms with Gasteiger partial charge in [-0.3, -0.25) is 0 Å². The number of hydroxylamine groups is 1. The fourth-order valence-corrected chi connectivity index (χ4v) is 3.25. The van der Waals surface area contributed by atoms with Crippen molar-refractivity contribution in [3.63, 3.8) is 0 Å². The van der Waals surface area contributed by atoms with Crippen molar-refractivity contribution >= 4 is 17.4 Å². The molecule has 0 fully saturated rings. The van der Waals surface area contributed by atoms with Crippen molar-refractivity contribution in [3.05, 3.63) is 106 Å². The van der Waals surface area contributed by atoms with Gasteiger partial charge in [0.25, 0.3) is 0 Å². The molecule has 3 nitrogen and oxygen atoms in total. The smallest absolute Gasteiger partial charge is 0.238 e. The minimum absolute atomic E-state index is 0.661. The lowest BCUT2D eigenvalue weighted by Crippen LogP contribution is -2.29. The summed E-state index contributed by atoms with van der Waals surface area (Å²) in [4.78, 5) is 11.1. The predicted octanol–water partition coefficient (Wildman–Crippen LogP) is 5.14. The summed E-state index contributed by atoms with van der Waals surface area (Å²) in [6.07, 6.45) is 0. The quantitative estimate of drug-likeness (QED) is 0.700. The zero-order valence-electron chi connectivity index (χ0n) is 14.7. The van der Waals surface area contributed by atoms with Gasteiger partial charge in [-0.2, -0.15) is 0 Å². The highest BCUT2D eigenvalue weighted by atomic mass is 35.5. The molecule has 130 valence electrons. The summed E-state index contributed by atoms with van der Waals surface area (Å²) in [7, 11) is 0. The van der Waals surface area contributed by atoms with Gasteiger partial charge in [0.1, 0.15) is 0 Å². The van der Waals surface area contributed by atoms with E-state index < -0.39 is 5.72 Å². The molecule has 4 heteroatoms. The van der Waals surface area contributed by atoms with Crippen molar-refractivity contribution in [2.24, 2.45) is 4.99 Å². The van der Waals surface area contributed by atoms with Crippen molar-refractivity contribution in [3.8, 4) is 0 Å². The second-order valence-corrected chi connectivity index (χ2v) is 6.99. The average Bonchev–Trinajstić information content (AvgIpc) is 3.09. The van der Waals surface area contributed by atoms with Crippen LogP contribution in [0.1, 0.15) is 27.8 Å². The van der Waals surface area contributed by atoms with Gasteiger partial charge >= 0.3 is 0 Å². The largest absolute Gasteiger partial charge is 0.245 e. The van der Waals surface area contributed by atoms with Crippen molar-refractivity contribution in [1.29, 1.82) is 0 Å². The highest BCUT2D eigenvalue weighted by Crippen LogP contribution is 2.38. The molecule has 0 bridgehead atoms. The van der Waals surface area contributed by atoms with E-state index in [1.54, 1.807) is 0 Å². The van der Waals surface area contributed by atoms with E-state index in [0.29, 0.717) is 10.9 Å². The Hall–Kier alpha value is -2.62. The first-order valence-corrected chi connectivity index (χ1v) is 8.89. The third-order valence-electron chi connectivity index (χ3n) is 4.55. The lowest BCUT2D eigenvalue weighted by molar-refractivity contribution is -0.0286. The molecule has 1 heterocycles. The lowest BCUT2D eigenvalue weighted by Gasteiger charge is -2.25. The Morgan fingerprint density at radius 3 is 1.96 bits per heavy atom. The van der Waals surface area contributed by atoms with Crippen LogP contribution in [0, 0.1) is 13.8 Å². The summed E-state index contributed by atoms with van der Waals surface area (Å²) < 4.78 is 0. The second kappa shape index (κ2) is 6.60. The zero-order valence-corrected chi connectivity index (χ0v) is 15.4. The second-order valence-electron chi connectivity index (χ2n) is 6.55. The predicted molar refractivity (Wildman–Crippen MR) is 105 cm³/mol. The van der Waals surface area contributed by atoms with Crippen LogP contribution in [0.2, 0.25) is 5.02 Å². The first-order chi connectivity index (χ1) is 12.6. The van der Waals surface area contributed by atoms with E-state index in [9.17, 15) is 0 Å². The molecule has 0 aliphatic carbocycles. The van der Waals surface area contributed by atoms with E-state index in [0.717, 1.165) is 16.7 Å².